The van der Waals surface area contributed by atoms with E-state index >= 15 is 0 Å². The first-order valence-corrected chi connectivity index (χ1v) is 5.17. The van der Waals surface area contributed by atoms with E-state index in [0.29, 0.717) is 9.37 Å². The average Bonchev–Trinajstić information content (AvgIpc) is 2.01. The molecule has 0 atom stereocenters. The average molecular weight is 235 g/mol. The van der Waals surface area contributed by atoms with Crippen LogP contribution in [0.3, 0.4) is 0 Å². The molecule has 0 N–H and O–H groups in total. The lowest BCUT2D eigenvalue weighted by Crippen LogP contribution is -1.85. The normalized spacial score (nSPS) is 10.2. The molecular formula is C8H8BrFS. The van der Waals surface area contributed by atoms with Gasteiger partial charge < -0.3 is 0 Å². The molecule has 3 heteroatoms. The summed E-state index contributed by atoms with van der Waals surface area (Å²) in [5.41, 5.74) is 0.931. The third-order valence-corrected chi connectivity index (χ3v) is 3.19. The van der Waals surface area contributed by atoms with E-state index in [0.717, 1.165) is 5.56 Å². The molecular weight excluding hydrogens is 227 g/mol. The lowest BCUT2D eigenvalue weighted by atomic mass is 10.2. The molecule has 0 saturated carbocycles. The van der Waals surface area contributed by atoms with Crippen LogP contribution < -0.4 is 0 Å². The van der Waals surface area contributed by atoms with E-state index in [-0.39, 0.29) is 5.82 Å². The molecule has 0 aliphatic heterocycles. The van der Waals surface area contributed by atoms with Gasteiger partial charge in [-0.15, -0.1) is 11.8 Å². The van der Waals surface area contributed by atoms with Gasteiger partial charge in [-0.2, -0.15) is 0 Å². The zero-order chi connectivity index (χ0) is 8.43. The summed E-state index contributed by atoms with van der Waals surface area (Å²) in [5.74, 6) is -0.155. The van der Waals surface area contributed by atoms with Gasteiger partial charge in [-0.1, -0.05) is 6.07 Å². The smallest absolute Gasteiger partial charge is 0.151 e. The van der Waals surface area contributed by atoms with E-state index < -0.39 is 0 Å². The molecule has 11 heavy (non-hydrogen) atoms. The Kier molecular flexibility index (Phi) is 2.96. The second-order valence-corrected chi connectivity index (χ2v) is 3.85. The fraction of sp³-hybridized carbons (Fsp3) is 0.250. The minimum absolute atomic E-state index is 0.155. The molecule has 0 saturated heterocycles. The highest BCUT2D eigenvalue weighted by molar-refractivity contribution is 9.10. The highest BCUT2D eigenvalue weighted by Crippen LogP contribution is 2.27. The summed E-state index contributed by atoms with van der Waals surface area (Å²) < 4.78 is 13.8. The summed E-state index contributed by atoms with van der Waals surface area (Å²) >= 11 is 4.60. The van der Waals surface area contributed by atoms with Gasteiger partial charge >= 0.3 is 0 Å². The molecule has 0 aromatic heterocycles. The van der Waals surface area contributed by atoms with Gasteiger partial charge in [0.05, 0.1) is 4.47 Å². The molecule has 1 rings (SSSR count). The number of aryl methyl sites for hydroxylation is 1. The molecule has 0 radical (unpaired) electrons. The first-order valence-electron chi connectivity index (χ1n) is 3.15. The van der Waals surface area contributed by atoms with Crippen LogP contribution in [0.15, 0.2) is 21.5 Å². The third kappa shape index (κ3) is 1.76. The second-order valence-electron chi connectivity index (χ2n) is 2.21. The third-order valence-electron chi connectivity index (χ3n) is 1.46. The molecule has 0 spiro atoms. The first-order chi connectivity index (χ1) is 5.16. The van der Waals surface area contributed by atoms with E-state index in [9.17, 15) is 4.39 Å². The van der Waals surface area contributed by atoms with Crippen molar-refractivity contribution in [3.63, 3.8) is 0 Å². The van der Waals surface area contributed by atoms with Crippen LogP contribution in [0.1, 0.15) is 5.56 Å². The molecule has 1 aromatic carbocycles. The summed E-state index contributed by atoms with van der Waals surface area (Å²) in [6, 6.07) is 3.69. The van der Waals surface area contributed by atoms with Crippen molar-refractivity contribution in [1.82, 2.24) is 0 Å². The van der Waals surface area contributed by atoms with E-state index in [1.165, 1.54) is 11.8 Å². The molecule has 0 heterocycles. The fourth-order valence-electron chi connectivity index (χ4n) is 0.786. The summed E-state index contributed by atoms with van der Waals surface area (Å²) in [6.45, 7) is 1.87. The number of hydrogen-bond donors (Lipinski definition) is 0. The fourth-order valence-corrected chi connectivity index (χ4v) is 1.75. The maximum absolute atomic E-state index is 13.2. The van der Waals surface area contributed by atoms with Crippen molar-refractivity contribution < 1.29 is 4.39 Å². The van der Waals surface area contributed by atoms with Crippen LogP contribution in [-0.4, -0.2) is 6.26 Å². The predicted octanol–water partition coefficient (Wildman–Crippen LogP) is 3.62. The van der Waals surface area contributed by atoms with Crippen molar-refractivity contribution in [2.45, 2.75) is 11.8 Å². The number of halogens is 2. The summed E-state index contributed by atoms with van der Waals surface area (Å²) in [7, 11) is 0. The van der Waals surface area contributed by atoms with Crippen molar-refractivity contribution in [1.29, 1.82) is 0 Å². The molecule has 0 bridgehead atoms. The van der Waals surface area contributed by atoms with Crippen LogP contribution in [0.5, 0.6) is 0 Å². The van der Waals surface area contributed by atoms with Gasteiger partial charge in [0.1, 0.15) is 0 Å². The molecule has 0 amide bonds. The molecule has 1 aromatic rings. The van der Waals surface area contributed by atoms with Gasteiger partial charge in [-0.25, -0.2) is 4.39 Å². The van der Waals surface area contributed by atoms with Crippen LogP contribution in [0.2, 0.25) is 0 Å². The Balaban J connectivity index is 3.25. The van der Waals surface area contributed by atoms with Gasteiger partial charge in [0.25, 0.3) is 0 Å². The quantitative estimate of drug-likeness (QED) is 0.670. The molecule has 0 aliphatic rings. The lowest BCUT2D eigenvalue weighted by Gasteiger charge is -2.03. The maximum Gasteiger partial charge on any atom is 0.151 e. The lowest BCUT2D eigenvalue weighted by molar-refractivity contribution is 0.593. The number of benzene rings is 1. The molecule has 0 unspecified atom stereocenters. The second kappa shape index (κ2) is 3.59. The van der Waals surface area contributed by atoms with Crippen molar-refractivity contribution >= 4 is 27.7 Å². The van der Waals surface area contributed by atoms with Crippen molar-refractivity contribution in [3.05, 3.63) is 28.0 Å². The van der Waals surface area contributed by atoms with Gasteiger partial charge in [0.2, 0.25) is 0 Å². The van der Waals surface area contributed by atoms with Crippen molar-refractivity contribution in [2.75, 3.05) is 6.26 Å². The van der Waals surface area contributed by atoms with Gasteiger partial charge in [0, 0.05) is 4.90 Å². The van der Waals surface area contributed by atoms with E-state index in [1.807, 2.05) is 19.2 Å². The molecule has 0 nitrogen and oxygen atoms in total. The Hall–Kier alpha value is -0.0200. The Labute approximate surface area is 78.3 Å². The van der Waals surface area contributed by atoms with Crippen molar-refractivity contribution in [3.8, 4) is 0 Å². The molecule has 0 aliphatic carbocycles. The molecule has 0 fully saturated rings. The summed E-state index contributed by atoms with van der Waals surface area (Å²) in [4.78, 5) is 0.683. The zero-order valence-corrected chi connectivity index (χ0v) is 8.72. The van der Waals surface area contributed by atoms with Crippen molar-refractivity contribution in [2.24, 2.45) is 0 Å². The number of rotatable bonds is 1. The highest BCUT2D eigenvalue weighted by atomic mass is 79.9. The van der Waals surface area contributed by atoms with Crippen LogP contribution in [-0.2, 0) is 0 Å². The summed E-state index contributed by atoms with van der Waals surface area (Å²) in [6.07, 6.45) is 1.86. The Bertz CT molecular complexity index is 273. The Morgan fingerprint density at radius 2 is 2.09 bits per heavy atom. The van der Waals surface area contributed by atoms with Gasteiger partial charge in [0.15, 0.2) is 5.82 Å². The van der Waals surface area contributed by atoms with Crippen LogP contribution in [0, 0.1) is 12.7 Å². The molecule has 60 valence electrons. The standard InChI is InChI=1S/C8H8BrFS/c1-5-3-4-6(11-2)8(10)7(5)9/h3-4H,1-2H3. The monoisotopic (exact) mass is 234 g/mol. The van der Waals surface area contributed by atoms with Gasteiger partial charge in [-0.05, 0) is 40.7 Å². The summed E-state index contributed by atoms with van der Waals surface area (Å²) in [5, 5.41) is 0. The highest BCUT2D eigenvalue weighted by Gasteiger charge is 2.06. The van der Waals surface area contributed by atoms with Crippen LogP contribution in [0.4, 0.5) is 4.39 Å². The van der Waals surface area contributed by atoms with Gasteiger partial charge in [-0.3, -0.25) is 0 Å². The number of thioether (sulfide) groups is 1. The Morgan fingerprint density at radius 1 is 1.45 bits per heavy atom. The SMILES string of the molecule is CSc1ccc(C)c(Br)c1F. The zero-order valence-electron chi connectivity index (χ0n) is 6.32. The first kappa shape index (κ1) is 9.07. The topological polar surface area (TPSA) is 0 Å². The van der Waals surface area contributed by atoms with E-state index in [1.54, 1.807) is 6.07 Å². The Morgan fingerprint density at radius 3 is 2.64 bits per heavy atom. The van der Waals surface area contributed by atoms with E-state index in [2.05, 4.69) is 15.9 Å². The van der Waals surface area contributed by atoms with Crippen LogP contribution in [0.25, 0.3) is 0 Å². The largest absolute Gasteiger partial charge is 0.205 e. The maximum atomic E-state index is 13.2. The minimum atomic E-state index is -0.155. The minimum Gasteiger partial charge on any atom is -0.205 e. The van der Waals surface area contributed by atoms with Crippen LogP contribution >= 0.6 is 27.7 Å². The van der Waals surface area contributed by atoms with E-state index in [4.69, 9.17) is 0 Å². The number of hydrogen-bond acceptors (Lipinski definition) is 1. The predicted molar refractivity (Wildman–Crippen MR) is 50.6 cm³/mol.